The monoisotopic (exact) mass is 698 g/mol. The first-order chi connectivity index (χ1) is 26.2. The molecular weight excluding hydrogens is 661 g/mol. The molecule has 0 radical (unpaired) electrons. The third-order valence-corrected chi connectivity index (χ3v) is 12.4. The molecule has 1 aliphatic rings. The Morgan fingerprint density at radius 1 is 0.537 bits per heavy atom. The maximum atomic E-state index is 9.53. The van der Waals surface area contributed by atoms with Crippen LogP contribution in [0.5, 0.6) is 0 Å². The van der Waals surface area contributed by atoms with E-state index in [9.17, 15) is 5.26 Å². The van der Waals surface area contributed by atoms with E-state index in [1.165, 1.54) is 27.6 Å². The lowest BCUT2D eigenvalue weighted by molar-refractivity contribution is 0.264. The number of para-hydroxylation sites is 2. The average molecular weight is 699 g/mol. The van der Waals surface area contributed by atoms with Gasteiger partial charge in [0.05, 0.1) is 39.4 Å². The molecule has 1 aliphatic carbocycles. The minimum Gasteiger partial charge on any atom is -0.307 e. The summed E-state index contributed by atoms with van der Waals surface area (Å²) in [6.45, 7) is 12.0. The van der Waals surface area contributed by atoms with Crippen molar-refractivity contribution in [3.63, 3.8) is 0 Å². The van der Waals surface area contributed by atoms with Crippen molar-refractivity contribution in [2.24, 2.45) is 5.92 Å². The molecule has 0 aliphatic heterocycles. The van der Waals surface area contributed by atoms with Gasteiger partial charge in [-0.15, -0.1) is 0 Å². The van der Waals surface area contributed by atoms with Crippen molar-refractivity contribution in [2.45, 2.75) is 45.4 Å². The van der Waals surface area contributed by atoms with Gasteiger partial charge in [0.1, 0.15) is 0 Å². The van der Waals surface area contributed by atoms with Crippen molar-refractivity contribution in [3.05, 3.63) is 150 Å². The fourth-order valence-corrected chi connectivity index (χ4v) is 9.26. The standard InChI is InChI=1S/C48H38N6/c1-29-47(2,3)37-18-13-21-40(41(37)48(29,4)5)53-38-19-11-9-16-33(38)35-26-27-36-34-17-10-12-20-39(34)54(43(36)42(35)53)46-51-44(31-14-7-6-8-15-31)50-45(52-46)32-24-22-30(28-49)23-25-32/h6-27,29H,1-5H3. The van der Waals surface area contributed by atoms with Crippen LogP contribution in [0.15, 0.2) is 133 Å². The summed E-state index contributed by atoms with van der Waals surface area (Å²) in [5, 5.41) is 14.2. The molecule has 260 valence electrons. The van der Waals surface area contributed by atoms with Crippen molar-refractivity contribution < 1.29 is 0 Å². The second kappa shape index (κ2) is 11.5. The Morgan fingerprint density at radius 3 is 1.72 bits per heavy atom. The van der Waals surface area contributed by atoms with Gasteiger partial charge in [0.25, 0.3) is 0 Å². The van der Waals surface area contributed by atoms with Gasteiger partial charge < -0.3 is 4.57 Å². The summed E-state index contributed by atoms with van der Waals surface area (Å²) in [6, 6.07) is 48.5. The maximum absolute atomic E-state index is 9.53. The van der Waals surface area contributed by atoms with Crippen LogP contribution in [0.25, 0.3) is 78.0 Å². The highest BCUT2D eigenvalue weighted by molar-refractivity contribution is 6.23. The molecule has 0 saturated carbocycles. The van der Waals surface area contributed by atoms with Crippen LogP contribution in [0.4, 0.5) is 0 Å². The van der Waals surface area contributed by atoms with Crippen LogP contribution in [0, 0.1) is 17.2 Å². The summed E-state index contributed by atoms with van der Waals surface area (Å²) in [5.41, 5.74) is 10.6. The van der Waals surface area contributed by atoms with E-state index in [4.69, 9.17) is 15.0 Å². The Balaban J connectivity index is 1.38. The number of fused-ring (bicyclic) bond motifs is 8. The first-order valence-corrected chi connectivity index (χ1v) is 18.6. The Morgan fingerprint density at radius 2 is 1.09 bits per heavy atom. The van der Waals surface area contributed by atoms with Crippen LogP contribution in [-0.4, -0.2) is 24.1 Å². The van der Waals surface area contributed by atoms with Gasteiger partial charge in [-0.05, 0) is 70.3 Å². The first kappa shape index (κ1) is 32.1. The summed E-state index contributed by atoms with van der Waals surface area (Å²) in [5.74, 6) is 2.09. The van der Waals surface area contributed by atoms with Crippen LogP contribution in [-0.2, 0) is 10.8 Å². The van der Waals surface area contributed by atoms with Gasteiger partial charge in [-0.2, -0.15) is 15.2 Å². The second-order valence-corrected chi connectivity index (χ2v) is 15.8. The van der Waals surface area contributed by atoms with Crippen LogP contribution >= 0.6 is 0 Å². The zero-order valence-corrected chi connectivity index (χ0v) is 31.0. The van der Waals surface area contributed by atoms with E-state index in [2.05, 4.69) is 129 Å². The van der Waals surface area contributed by atoms with Crippen LogP contribution < -0.4 is 0 Å². The number of nitrogens with zero attached hydrogens (tertiary/aromatic N) is 6. The topological polar surface area (TPSA) is 72.3 Å². The molecule has 3 heterocycles. The summed E-state index contributed by atoms with van der Waals surface area (Å²) >= 11 is 0. The zero-order valence-electron chi connectivity index (χ0n) is 31.0. The van der Waals surface area contributed by atoms with E-state index >= 15 is 0 Å². The summed E-state index contributed by atoms with van der Waals surface area (Å²) in [7, 11) is 0. The molecule has 0 saturated heterocycles. The van der Waals surface area contributed by atoms with Gasteiger partial charge in [0, 0.05) is 32.7 Å². The molecule has 0 N–H and O–H groups in total. The highest BCUT2D eigenvalue weighted by atomic mass is 15.2. The average Bonchev–Trinajstić information content (AvgIpc) is 3.77. The molecular formula is C48H38N6. The Labute approximate surface area is 314 Å². The molecule has 0 spiro atoms. The number of nitriles is 1. The van der Waals surface area contributed by atoms with E-state index in [-0.39, 0.29) is 10.8 Å². The number of benzene rings is 6. The number of rotatable bonds is 4. The summed E-state index contributed by atoms with van der Waals surface area (Å²) in [4.78, 5) is 15.5. The van der Waals surface area contributed by atoms with Crippen molar-refractivity contribution in [3.8, 4) is 40.5 Å². The SMILES string of the molecule is CC1C(C)(C)c2cccc(-n3c4ccccc4c4ccc5c6ccccc6n(-c6nc(-c7ccccc7)nc(-c7ccc(C#N)cc7)n6)c5c43)c2C1(C)C. The van der Waals surface area contributed by atoms with Crippen LogP contribution in [0.2, 0.25) is 0 Å². The Hall–Kier alpha value is -6.58. The van der Waals surface area contributed by atoms with E-state index in [1.807, 2.05) is 54.6 Å². The second-order valence-electron chi connectivity index (χ2n) is 15.8. The molecule has 0 fully saturated rings. The molecule has 6 aromatic carbocycles. The molecule has 1 unspecified atom stereocenters. The van der Waals surface area contributed by atoms with E-state index in [0.29, 0.717) is 29.1 Å². The molecule has 1 atom stereocenters. The van der Waals surface area contributed by atoms with Gasteiger partial charge in [-0.25, -0.2) is 4.98 Å². The van der Waals surface area contributed by atoms with Crippen molar-refractivity contribution in [1.82, 2.24) is 24.1 Å². The molecule has 54 heavy (non-hydrogen) atoms. The van der Waals surface area contributed by atoms with Crippen molar-refractivity contribution >= 4 is 43.6 Å². The normalized spacial score (nSPS) is 16.0. The quantitative estimate of drug-likeness (QED) is 0.183. The third-order valence-electron chi connectivity index (χ3n) is 12.4. The van der Waals surface area contributed by atoms with Gasteiger partial charge >= 0.3 is 0 Å². The Kier molecular flexibility index (Phi) is 6.81. The summed E-state index contributed by atoms with van der Waals surface area (Å²) in [6.07, 6.45) is 0. The number of hydrogen-bond acceptors (Lipinski definition) is 4. The van der Waals surface area contributed by atoms with E-state index in [0.717, 1.165) is 44.0 Å². The van der Waals surface area contributed by atoms with Crippen LogP contribution in [0.1, 0.15) is 51.3 Å². The molecule has 0 bridgehead atoms. The van der Waals surface area contributed by atoms with Crippen molar-refractivity contribution in [1.29, 1.82) is 5.26 Å². The highest BCUT2D eigenvalue weighted by Crippen LogP contribution is 2.56. The first-order valence-electron chi connectivity index (χ1n) is 18.6. The van der Waals surface area contributed by atoms with Gasteiger partial charge in [0.15, 0.2) is 11.6 Å². The molecule has 3 aromatic heterocycles. The fraction of sp³-hybridized carbons (Fsp3) is 0.167. The lowest BCUT2D eigenvalue weighted by Crippen LogP contribution is -2.31. The van der Waals surface area contributed by atoms with Gasteiger partial charge in [0.2, 0.25) is 5.95 Å². The highest BCUT2D eigenvalue weighted by Gasteiger charge is 2.50. The number of aromatic nitrogens is 5. The summed E-state index contributed by atoms with van der Waals surface area (Å²) < 4.78 is 4.75. The lowest BCUT2D eigenvalue weighted by atomic mass is 9.71. The minimum atomic E-state index is -0.0669. The van der Waals surface area contributed by atoms with Crippen LogP contribution in [0.3, 0.4) is 0 Å². The Bertz CT molecular complexity index is 3010. The zero-order chi connectivity index (χ0) is 36.9. The maximum Gasteiger partial charge on any atom is 0.238 e. The van der Waals surface area contributed by atoms with Crippen molar-refractivity contribution in [2.75, 3.05) is 0 Å². The smallest absolute Gasteiger partial charge is 0.238 e. The van der Waals surface area contributed by atoms with E-state index in [1.54, 1.807) is 0 Å². The minimum absolute atomic E-state index is 0.0123. The molecule has 0 amide bonds. The molecule has 10 rings (SSSR count). The predicted octanol–water partition coefficient (Wildman–Crippen LogP) is 11.5. The third kappa shape index (κ3) is 4.42. The predicted molar refractivity (Wildman–Crippen MR) is 219 cm³/mol. The largest absolute Gasteiger partial charge is 0.307 e. The molecule has 6 nitrogen and oxygen atoms in total. The lowest BCUT2D eigenvalue weighted by Gasteiger charge is -2.33. The molecule has 9 aromatic rings. The molecule has 6 heteroatoms. The fourth-order valence-electron chi connectivity index (χ4n) is 9.26. The van der Waals surface area contributed by atoms with Gasteiger partial charge in [-0.1, -0.05) is 126 Å². The van der Waals surface area contributed by atoms with Gasteiger partial charge in [-0.3, -0.25) is 4.57 Å². The van der Waals surface area contributed by atoms with E-state index < -0.39 is 0 Å². The number of hydrogen-bond donors (Lipinski definition) is 0.